The molecular weight excluding hydrogens is 332 g/mol. The Bertz CT molecular complexity index is 870. The fourth-order valence-electron chi connectivity index (χ4n) is 3.35. The van der Waals surface area contributed by atoms with E-state index in [-0.39, 0.29) is 12.2 Å². The van der Waals surface area contributed by atoms with Gasteiger partial charge in [0.1, 0.15) is 10.6 Å². The van der Waals surface area contributed by atoms with Crippen molar-refractivity contribution in [1.82, 2.24) is 15.0 Å². The largest absolute Gasteiger partial charge is 0.372 e. The molecule has 3 aromatic heterocycles. The van der Waals surface area contributed by atoms with Crippen molar-refractivity contribution in [2.45, 2.75) is 39.4 Å². The second-order valence-electron chi connectivity index (χ2n) is 6.56. The highest BCUT2D eigenvalue weighted by Crippen LogP contribution is 2.34. The van der Waals surface area contributed by atoms with Crippen LogP contribution in [0.5, 0.6) is 0 Å². The lowest BCUT2D eigenvalue weighted by Gasteiger charge is -2.36. The van der Waals surface area contributed by atoms with E-state index in [0.29, 0.717) is 0 Å². The zero-order chi connectivity index (χ0) is 17.4. The van der Waals surface area contributed by atoms with E-state index < -0.39 is 0 Å². The van der Waals surface area contributed by atoms with Crippen LogP contribution < -0.4 is 4.90 Å². The number of fused-ring (bicyclic) bond motifs is 1. The smallest absolute Gasteiger partial charge is 0.164 e. The first-order chi connectivity index (χ1) is 12.1. The molecule has 1 fully saturated rings. The molecule has 130 valence electrons. The molecule has 3 aromatic rings. The van der Waals surface area contributed by atoms with E-state index in [0.717, 1.165) is 46.9 Å². The van der Waals surface area contributed by atoms with E-state index in [1.54, 1.807) is 17.5 Å². The molecule has 1 aliphatic rings. The van der Waals surface area contributed by atoms with Crippen molar-refractivity contribution in [1.29, 1.82) is 0 Å². The second kappa shape index (κ2) is 6.69. The molecule has 1 aliphatic heterocycles. The quantitative estimate of drug-likeness (QED) is 0.713. The molecule has 6 heteroatoms. The van der Waals surface area contributed by atoms with Gasteiger partial charge >= 0.3 is 0 Å². The molecule has 0 aliphatic carbocycles. The lowest BCUT2D eigenvalue weighted by molar-refractivity contribution is -0.00536. The molecule has 5 nitrogen and oxygen atoms in total. The number of nitrogens with zero attached hydrogens (tertiary/aromatic N) is 4. The molecule has 0 bridgehead atoms. The molecule has 2 unspecified atom stereocenters. The van der Waals surface area contributed by atoms with Crippen molar-refractivity contribution in [3.05, 3.63) is 35.5 Å². The van der Waals surface area contributed by atoms with Crippen molar-refractivity contribution in [2.24, 2.45) is 0 Å². The van der Waals surface area contributed by atoms with E-state index >= 15 is 0 Å². The molecule has 0 radical (unpaired) electrons. The van der Waals surface area contributed by atoms with Crippen LogP contribution in [0, 0.1) is 0 Å². The minimum atomic E-state index is 0.194. The molecule has 2 atom stereocenters. The maximum absolute atomic E-state index is 5.90. The number of anilines is 1. The number of thiophene rings is 1. The third-order valence-electron chi connectivity index (χ3n) is 4.41. The molecule has 4 rings (SSSR count). The van der Waals surface area contributed by atoms with Gasteiger partial charge in [0.15, 0.2) is 5.82 Å². The summed E-state index contributed by atoms with van der Waals surface area (Å²) in [6.07, 6.45) is 5.00. The van der Waals surface area contributed by atoms with Gasteiger partial charge in [-0.1, -0.05) is 6.92 Å². The third-order valence-corrected chi connectivity index (χ3v) is 5.58. The van der Waals surface area contributed by atoms with E-state index in [2.05, 4.69) is 36.7 Å². The van der Waals surface area contributed by atoms with E-state index in [9.17, 15) is 0 Å². The summed E-state index contributed by atoms with van der Waals surface area (Å²) in [5.74, 6) is 1.76. The second-order valence-corrected chi connectivity index (χ2v) is 7.68. The molecule has 0 saturated carbocycles. The van der Waals surface area contributed by atoms with Gasteiger partial charge in [-0.2, -0.15) is 0 Å². The van der Waals surface area contributed by atoms with Gasteiger partial charge in [0, 0.05) is 35.9 Å². The van der Waals surface area contributed by atoms with Crippen LogP contribution in [-0.2, 0) is 11.2 Å². The zero-order valence-electron chi connectivity index (χ0n) is 14.8. The maximum Gasteiger partial charge on any atom is 0.164 e. The predicted octanol–water partition coefficient (Wildman–Crippen LogP) is 3.93. The molecule has 1 saturated heterocycles. The first-order valence-electron chi connectivity index (χ1n) is 8.75. The normalized spacial score (nSPS) is 21.0. The predicted molar refractivity (Wildman–Crippen MR) is 102 cm³/mol. The average molecular weight is 354 g/mol. The number of pyridine rings is 1. The summed E-state index contributed by atoms with van der Waals surface area (Å²) < 4.78 is 5.90. The number of morpholine rings is 1. The third kappa shape index (κ3) is 3.24. The van der Waals surface area contributed by atoms with E-state index in [4.69, 9.17) is 14.7 Å². The number of hydrogen-bond donors (Lipinski definition) is 0. The summed E-state index contributed by atoms with van der Waals surface area (Å²) >= 11 is 1.76. The number of aromatic nitrogens is 3. The first-order valence-corrected chi connectivity index (χ1v) is 9.57. The lowest BCUT2D eigenvalue weighted by atomic mass is 10.2. The minimum absolute atomic E-state index is 0.194. The maximum atomic E-state index is 5.90. The Labute approximate surface area is 151 Å². The molecule has 4 heterocycles. The SMILES string of the molecule is CCc1cc2c(N3CC(C)OC(C)C3)nc(-c3cccnc3)nc2s1. The van der Waals surface area contributed by atoms with Crippen LogP contribution in [0.3, 0.4) is 0 Å². The monoisotopic (exact) mass is 354 g/mol. The fourth-order valence-corrected chi connectivity index (χ4v) is 4.31. The topological polar surface area (TPSA) is 51.1 Å². The lowest BCUT2D eigenvalue weighted by Crippen LogP contribution is -2.46. The zero-order valence-corrected chi connectivity index (χ0v) is 15.6. The van der Waals surface area contributed by atoms with Gasteiger partial charge in [-0.25, -0.2) is 9.97 Å². The van der Waals surface area contributed by atoms with Crippen LogP contribution in [-0.4, -0.2) is 40.2 Å². The number of aryl methyl sites for hydroxylation is 1. The summed E-state index contributed by atoms with van der Waals surface area (Å²) in [6, 6.07) is 6.18. The summed E-state index contributed by atoms with van der Waals surface area (Å²) in [5.41, 5.74) is 0.950. The molecule has 0 spiro atoms. The first kappa shape index (κ1) is 16.4. The van der Waals surface area contributed by atoms with Gasteiger partial charge in [0.2, 0.25) is 0 Å². The van der Waals surface area contributed by atoms with Gasteiger partial charge in [-0.3, -0.25) is 4.98 Å². The Balaban J connectivity index is 1.87. The van der Waals surface area contributed by atoms with Crippen LogP contribution in [0.1, 0.15) is 25.6 Å². The highest BCUT2D eigenvalue weighted by atomic mass is 32.1. The summed E-state index contributed by atoms with van der Waals surface area (Å²) in [7, 11) is 0. The van der Waals surface area contributed by atoms with Crippen LogP contribution in [0.25, 0.3) is 21.6 Å². The molecule has 0 aromatic carbocycles. The summed E-state index contributed by atoms with van der Waals surface area (Å²) in [5, 5.41) is 1.15. The van der Waals surface area contributed by atoms with Crippen molar-refractivity contribution < 1.29 is 4.74 Å². The van der Waals surface area contributed by atoms with Gasteiger partial charge in [-0.15, -0.1) is 11.3 Å². The van der Waals surface area contributed by atoms with Crippen molar-refractivity contribution in [2.75, 3.05) is 18.0 Å². The summed E-state index contributed by atoms with van der Waals surface area (Å²) in [6.45, 7) is 8.11. The van der Waals surface area contributed by atoms with Crippen molar-refractivity contribution in [3.8, 4) is 11.4 Å². The number of rotatable bonds is 3. The minimum Gasteiger partial charge on any atom is -0.372 e. The van der Waals surface area contributed by atoms with Gasteiger partial charge in [0.25, 0.3) is 0 Å². The van der Waals surface area contributed by atoms with Gasteiger partial charge in [-0.05, 0) is 38.5 Å². The van der Waals surface area contributed by atoms with Gasteiger partial charge < -0.3 is 9.64 Å². The molecule has 0 N–H and O–H groups in total. The molecule has 0 amide bonds. The summed E-state index contributed by atoms with van der Waals surface area (Å²) in [4.78, 5) is 18.7. The van der Waals surface area contributed by atoms with E-state index in [1.807, 2.05) is 18.3 Å². The highest BCUT2D eigenvalue weighted by Gasteiger charge is 2.26. The number of hydrogen-bond acceptors (Lipinski definition) is 6. The highest BCUT2D eigenvalue weighted by molar-refractivity contribution is 7.18. The van der Waals surface area contributed by atoms with Crippen molar-refractivity contribution in [3.63, 3.8) is 0 Å². The van der Waals surface area contributed by atoms with Crippen LogP contribution in [0.4, 0.5) is 5.82 Å². The number of ether oxygens (including phenoxy) is 1. The molecular formula is C19H22N4OS. The van der Waals surface area contributed by atoms with Crippen molar-refractivity contribution >= 4 is 27.4 Å². The Hall–Kier alpha value is -2.05. The Kier molecular flexibility index (Phi) is 4.39. The standard InChI is InChI=1S/C19H22N4OS/c1-4-15-8-16-18(23-10-12(2)24-13(3)11-23)21-17(22-19(16)25-15)14-6-5-7-20-9-14/h5-9,12-13H,4,10-11H2,1-3H3. The average Bonchev–Trinajstić information content (AvgIpc) is 3.04. The fraction of sp³-hybridized carbons (Fsp3) is 0.421. The van der Waals surface area contributed by atoms with Crippen LogP contribution in [0.15, 0.2) is 30.6 Å². The Morgan fingerprint density at radius 3 is 2.72 bits per heavy atom. The Morgan fingerprint density at radius 2 is 2.04 bits per heavy atom. The van der Waals surface area contributed by atoms with E-state index in [1.165, 1.54) is 4.88 Å². The molecule has 25 heavy (non-hydrogen) atoms. The Morgan fingerprint density at radius 1 is 1.24 bits per heavy atom. The van der Waals surface area contributed by atoms with Gasteiger partial charge in [0.05, 0.1) is 17.6 Å². The van der Waals surface area contributed by atoms with Crippen LogP contribution >= 0.6 is 11.3 Å². The van der Waals surface area contributed by atoms with Crippen LogP contribution in [0.2, 0.25) is 0 Å².